The summed E-state index contributed by atoms with van der Waals surface area (Å²) < 4.78 is 2.08. The molecule has 0 saturated carbocycles. The number of hydrogen-bond donors (Lipinski definition) is 1. The lowest BCUT2D eigenvalue weighted by Crippen LogP contribution is -2.35. The predicted octanol–water partition coefficient (Wildman–Crippen LogP) is 2.27. The smallest absolute Gasteiger partial charge is 0.152 e. The van der Waals surface area contributed by atoms with E-state index >= 15 is 0 Å². The van der Waals surface area contributed by atoms with E-state index in [1.54, 1.807) is 0 Å². The van der Waals surface area contributed by atoms with Crippen LogP contribution >= 0.6 is 0 Å². The molecule has 18 heavy (non-hydrogen) atoms. The van der Waals surface area contributed by atoms with Gasteiger partial charge in [0.15, 0.2) is 5.78 Å². The van der Waals surface area contributed by atoms with Crippen molar-refractivity contribution in [3.05, 3.63) is 36.0 Å². The number of para-hydroxylation sites is 1. The first-order valence-corrected chi connectivity index (χ1v) is 6.33. The third-order valence-corrected chi connectivity index (χ3v) is 3.35. The monoisotopic (exact) mass is 244 g/mol. The van der Waals surface area contributed by atoms with Crippen LogP contribution in [0.15, 0.2) is 30.5 Å². The minimum Gasteiger partial charge on any atom is -0.350 e. The zero-order valence-electron chi connectivity index (χ0n) is 11.2. The van der Waals surface area contributed by atoms with Crippen LogP contribution in [0.3, 0.4) is 0 Å². The Kier molecular flexibility index (Phi) is 3.53. The van der Waals surface area contributed by atoms with Gasteiger partial charge < -0.3 is 10.3 Å². The molecule has 2 rings (SSSR count). The number of benzene rings is 1. The molecule has 0 aliphatic carbocycles. The number of nitrogens with zero attached hydrogens (tertiary/aromatic N) is 1. The summed E-state index contributed by atoms with van der Waals surface area (Å²) in [7, 11) is 2.02. The van der Waals surface area contributed by atoms with Crippen LogP contribution in [0.4, 0.5) is 0 Å². The molecule has 0 amide bonds. The number of fused-ring (bicyclic) bond motifs is 1. The number of aryl methyl sites for hydroxylation is 1. The lowest BCUT2D eigenvalue weighted by Gasteiger charge is -2.12. The van der Waals surface area contributed by atoms with E-state index in [1.165, 1.54) is 10.9 Å². The summed E-state index contributed by atoms with van der Waals surface area (Å²) >= 11 is 0. The molecular weight excluding hydrogens is 224 g/mol. The average molecular weight is 244 g/mol. The fraction of sp³-hybridized carbons (Fsp3) is 0.400. The zero-order chi connectivity index (χ0) is 13.3. The van der Waals surface area contributed by atoms with E-state index in [4.69, 9.17) is 5.73 Å². The van der Waals surface area contributed by atoms with Crippen LogP contribution in [-0.4, -0.2) is 16.4 Å². The predicted molar refractivity (Wildman–Crippen MR) is 74.4 cm³/mol. The summed E-state index contributed by atoms with van der Waals surface area (Å²) in [5, 5.41) is 1.19. The fourth-order valence-corrected chi connectivity index (χ4v) is 2.35. The number of hydrogen-bond acceptors (Lipinski definition) is 2. The first-order valence-electron chi connectivity index (χ1n) is 6.33. The number of ketones is 1. The van der Waals surface area contributed by atoms with Gasteiger partial charge in [0.25, 0.3) is 0 Å². The molecule has 1 heterocycles. The van der Waals surface area contributed by atoms with E-state index < -0.39 is 6.04 Å². The Morgan fingerprint density at radius 3 is 2.67 bits per heavy atom. The maximum atomic E-state index is 11.9. The van der Waals surface area contributed by atoms with Gasteiger partial charge in [-0.3, -0.25) is 4.79 Å². The lowest BCUT2D eigenvalue weighted by molar-refractivity contribution is -0.123. The van der Waals surface area contributed by atoms with Gasteiger partial charge in [0.2, 0.25) is 0 Å². The highest BCUT2D eigenvalue weighted by Crippen LogP contribution is 2.21. The van der Waals surface area contributed by atoms with Gasteiger partial charge in [-0.25, -0.2) is 0 Å². The Morgan fingerprint density at radius 1 is 1.33 bits per heavy atom. The minimum absolute atomic E-state index is 0.00465. The quantitative estimate of drug-likeness (QED) is 0.897. The molecule has 0 fully saturated rings. The van der Waals surface area contributed by atoms with Crippen molar-refractivity contribution in [2.45, 2.75) is 26.3 Å². The molecule has 2 aromatic rings. The van der Waals surface area contributed by atoms with Gasteiger partial charge in [-0.05, 0) is 18.1 Å². The lowest BCUT2D eigenvalue weighted by atomic mass is 9.96. The van der Waals surface area contributed by atoms with Gasteiger partial charge in [-0.1, -0.05) is 32.0 Å². The second-order valence-electron chi connectivity index (χ2n) is 5.15. The summed E-state index contributed by atoms with van der Waals surface area (Å²) in [6.45, 7) is 3.79. The highest BCUT2D eigenvalue weighted by Gasteiger charge is 2.19. The van der Waals surface area contributed by atoms with Crippen molar-refractivity contribution in [3.63, 3.8) is 0 Å². The number of Topliss-reactive ketones (excluding diaryl/α,β-unsaturated/α-hetero) is 1. The molecule has 3 heteroatoms. The Morgan fingerprint density at radius 2 is 2.00 bits per heavy atom. The number of rotatable bonds is 4. The summed E-state index contributed by atoms with van der Waals surface area (Å²) in [5.74, 6) is 0.123. The van der Waals surface area contributed by atoms with Gasteiger partial charge in [-0.15, -0.1) is 0 Å². The van der Waals surface area contributed by atoms with Crippen LogP contribution in [0.25, 0.3) is 10.9 Å². The molecule has 0 radical (unpaired) electrons. The maximum Gasteiger partial charge on any atom is 0.152 e. The van der Waals surface area contributed by atoms with Crippen LogP contribution in [0.1, 0.15) is 19.4 Å². The van der Waals surface area contributed by atoms with E-state index in [9.17, 15) is 4.79 Å². The largest absolute Gasteiger partial charge is 0.350 e. The summed E-state index contributed by atoms with van der Waals surface area (Å²) in [6, 6.07) is 7.79. The third kappa shape index (κ3) is 2.31. The van der Waals surface area contributed by atoms with Gasteiger partial charge >= 0.3 is 0 Å². The van der Waals surface area contributed by atoms with Crippen molar-refractivity contribution in [1.29, 1.82) is 0 Å². The molecule has 0 bridgehead atoms. The van der Waals surface area contributed by atoms with Crippen molar-refractivity contribution in [3.8, 4) is 0 Å². The van der Waals surface area contributed by atoms with Crippen LogP contribution in [0, 0.1) is 5.92 Å². The first kappa shape index (κ1) is 12.8. The minimum atomic E-state index is -0.407. The molecule has 0 aliphatic rings. The van der Waals surface area contributed by atoms with E-state index in [2.05, 4.69) is 22.9 Å². The fourth-order valence-electron chi connectivity index (χ4n) is 2.35. The molecule has 1 aromatic heterocycles. The van der Waals surface area contributed by atoms with Crippen molar-refractivity contribution in [1.82, 2.24) is 4.57 Å². The molecular formula is C15H20N2O. The second-order valence-corrected chi connectivity index (χ2v) is 5.15. The van der Waals surface area contributed by atoms with E-state index in [1.807, 2.05) is 33.0 Å². The average Bonchev–Trinajstić information content (AvgIpc) is 2.66. The van der Waals surface area contributed by atoms with Crippen LogP contribution in [0.2, 0.25) is 0 Å². The Balaban J connectivity index is 2.30. The number of aromatic nitrogens is 1. The molecule has 1 aromatic carbocycles. The molecule has 1 atom stereocenters. The SMILES string of the molecule is CC(C)C(=O)[C@H](N)Cc1cn(C)c2ccccc12. The normalized spacial score (nSPS) is 13.2. The van der Waals surface area contributed by atoms with Gasteiger partial charge in [-0.2, -0.15) is 0 Å². The number of nitrogens with two attached hydrogens (primary N) is 1. The molecule has 96 valence electrons. The van der Waals surface area contributed by atoms with Crippen LogP contribution in [-0.2, 0) is 18.3 Å². The molecule has 0 aliphatic heterocycles. The van der Waals surface area contributed by atoms with Crippen molar-refractivity contribution in [2.75, 3.05) is 0 Å². The van der Waals surface area contributed by atoms with Gasteiger partial charge in [0, 0.05) is 30.1 Å². The highest BCUT2D eigenvalue weighted by atomic mass is 16.1. The number of carbonyl (C=O) groups is 1. The first-order chi connectivity index (χ1) is 8.50. The van der Waals surface area contributed by atoms with Crippen molar-refractivity contribution in [2.24, 2.45) is 18.7 Å². The molecule has 0 unspecified atom stereocenters. The Bertz CT molecular complexity index is 569. The van der Waals surface area contributed by atoms with Gasteiger partial charge in [0.1, 0.15) is 0 Å². The Labute approximate surface area is 108 Å². The number of carbonyl (C=O) groups excluding carboxylic acids is 1. The van der Waals surface area contributed by atoms with Gasteiger partial charge in [0.05, 0.1) is 6.04 Å². The molecule has 3 nitrogen and oxygen atoms in total. The topological polar surface area (TPSA) is 48.0 Å². The second kappa shape index (κ2) is 4.94. The molecule has 2 N–H and O–H groups in total. The third-order valence-electron chi connectivity index (χ3n) is 3.35. The standard InChI is InChI=1S/C15H20N2O/c1-10(2)15(18)13(16)8-11-9-17(3)14-7-5-4-6-12(11)14/h4-7,9-10,13H,8,16H2,1-3H3/t13-/m1/s1. The van der Waals surface area contributed by atoms with Crippen LogP contribution in [0.5, 0.6) is 0 Å². The Hall–Kier alpha value is -1.61. The zero-order valence-corrected chi connectivity index (χ0v) is 11.2. The summed E-state index contributed by atoms with van der Waals surface area (Å²) in [4.78, 5) is 11.9. The maximum absolute atomic E-state index is 11.9. The summed E-state index contributed by atoms with van der Waals surface area (Å²) in [6.07, 6.45) is 2.68. The highest BCUT2D eigenvalue weighted by molar-refractivity contribution is 5.88. The van der Waals surface area contributed by atoms with Crippen LogP contribution < -0.4 is 5.73 Å². The van der Waals surface area contributed by atoms with Crippen molar-refractivity contribution >= 4 is 16.7 Å². The van der Waals surface area contributed by atoms with E-state index in [-0.39, 0.29) is 11.7 Å². The summed E-state index contributed by atoms with van der Waals surface area (Å²) in [5.41, 5.74) is 8.32. The molecule has 0 spiro atoms. The van der Waals surface area contributed by atoms with Crippen molar-refractivity contribution < 1.29 is 4.79 Å². The molecule has 0 saturated heterocycles. The van der Waals surface area contributed by atoms with E-state index in [0.29, 0.717) is 6.42 Å². The van der Waals surface area contributed by atoms with E-state index in [0.717, 1.165) is 5.56 Å².